The van der Waals surface area contributed by atoms with Crippen LogP contribution in [0, 0.1) is 0 Å². The molecule has 0 aromatic heterocycles. The summed E-state index contributed by atoms with van der Waals surface area (Å²) in [5.41, 5.74) is 8.84. The number of hydrogen-bond acceptors (Lipinski definition) is 1. The Balaban J connectivity index is 2.93. The maximum Gasteiger partial charge on any atom is 0.0525 e. The molecule has 0 spiro atoms. The Morgan fingerprint density at radius 2 is 2.17 bits per heavy atom. The third-order valence-electron chi connectivity index (χ3n) is 1.32. The van der Waals surface area contributed by atoms with Crippen molar-refractivity contribution in [3.63, 3.8) is 0 Å². The second-order valence-corrected chi connectivity index (χ2v) is 2.97. The van der Waals surface area contributed by atoms with Crippen molar-refractivity contribution in [2.24, 2.45) is 5.11 Å². The van der Waals surface area contributed by atoms with Crippen LogP contribution < -0.4 is 0 Å². The molecule has 1 aromatic carbocycles. The molecule has 0 aliphatic rings. The van der Waals surface area contributed by atoms with Gasteiger partial charge >= 0.3 is 0 Å². The van der Waals surface area contributed by atoms with Gasteiger partial charge in [-0.05, 0) is 23.2 Å². The first-order valence-electron chi connectivity index (χ1n) is 3.19. The third kappa shape index (κ3) is 2.31. The molecule has 0 amide bonds. The summed E-state index contributed by atoms with van der Waals surface area (Å²) in [6.45, 7) is 0.256. The van der Waals surface area contributed by atoms with Crippen LogP contribution in [0.5, 0.6) is 0 Å². The van der Waals surface area contributed by atoms with E-state index in [1.807, 2.05) is 0 Å². The summed E-state index contributed by atoms with van der Waals surface area (Å²) in [4.78, 5) is 2.63. The molecule has 0 heterocycles. The average Bonchev–Trinajstić information content (AvgIpc) is 2.03. The van der Waals surface area contributed by atoms with Crippen molar-refractivity contribution < 1.29 is 0 Å². The van der Waals surface area contributed by atoms with Crippen LogP contribution in [0.4, 0.5) is 0 Å². The maximum absolute atomic E-state index is 8.06. The number of rotatable bonds is 2. The Bertz CT molecular complexity index is 331. The lowest BCUT2D eigenvalue weighted by molar-refractivity contribution is 1.05. The fourth-order valence-electron chi connectivity index (χ4n) is 0.758. The first kappa shape index (κ1) is 9.20. The topological polar surface area (TPSA) is 48.8 Å². The molecule has 62 valence electrons. The minimum atomic E-state index is 0.256. The van der Waals surface area contributed by atoms with Gasteiger partial charge in [0.25, 0.3) is 0 Å². The highest BCUT2D eigenvalue weighted by Gasteiger charge is 1.98. The molecule has 0 aliphatic carbocycles. The first-order chi connectivity index (χ1) is 5.74. The van der Waals surface area contributed by atoms with Crippen LogP contribution in [0.15, 0.2) is 23.3 Å². The number of nitrogens with zero attached hydrogens (tertiary/aromatic N) is 3. The van der Waals surface area contributed by atoms with Crippen LogP contribution in [0.25, 0.3) is 10.4 Å². The highest BCUT2D eigenvalue weighted by molar-refractivity contribution is 6.35. The lowest BCUT2D eigenvalue weighted by atomic mass is 10.2. The molecule has 0 aliphatic heterocycles. The van der Waals surface area contributed by atoms with E-state index >= 15 is 0 Å². The van der Waals surface area contributed by atoms with Crippen LogP contribution in [-0.2, 0) is 6.54 Å². The van der Waals surface area contributed by atoms with E-state index in [2.05, 4.69) is 10.0 Å². The zero-order valence-corrected chi connectivity index (χ0v) is 7.55. The quantitative estimate of drug-likeness (QED) is 0.397. The fourth-order valence-corrected chi connectivity index (χ4v) is 1.23. The predicted octanol–water partition coefficient (Wildman–Crippen LogP) is 3.80. The Hall–Kier alpha value is -0.890. The van der Waals surface area contributed by atoms with Gasteiger partial charge in [0.05, 0.1) is 6.54 Å². The van der Waals surface area contributed by atoms with Gasteiger partial charge in [0.15, 0.2) is 0 Å². The Kier molecular flexibility index (Phi) is 3.23. The van der Waals surface area contributed by atoms with Gasteiger partial charge in [-0.1, -0.05) is 34.4 Å². The summed E-state index contributed by atoms with van der Waals surface area (Å²) in [5, 5.41) is 4.48. The number of halogens is 2. The van der Waals surface area contributed by atoms with E-state index in [0.717, 1.165) is 5.56 Å². The molecule has 1 rings (SSSR count). The second-order valence-electron chi connectivity index (χ2n) is 2.12. The molecule has 0 fully saturated rings. The van der Waals surface area contributed by atoms with Crippen molar-refractivity contribution in [2.75, 3.05) is 0 Å². The number of hydrogen-bond donors (Lipinski definition) is 0. The molecule has 0 bridgehead atoms. The van der Waals surface area contributed by atoms with Gasteiger partial charge in [0.1, 0.15) is 0 Å². The number of benzene rings is 1. The lowest BCUT2D eigenvalue weighted by Crippen LogP contribution is -1.81. The van der Waals surface area contributed by atoms with Gasteiger partial charge in [-0.15, -0.1) is 0 Å². The van der Waals surface area contributed by atoms with E-state index in [9.17, 15) is 0 Å². The molecule has 3 nitrogen and oxygen atoms in total. The maximum atomic E-state index is 8.06. The van der Waals surface area contributed by atoms with Gasteiger partial charge in [0.2, 0.25) is 0 Å². The average molecular weight is 202 g/mol. The fraction of sp³-hybridized carbons (Fsp3) is 0.143. The van der Waals surface area contributed by atoms with Crippen molar-refractivity contribution in [1.29, 1.82) is 0 Å². The van der Waals surface area contributed by atoms with Crippen molar-refractivity contribution in [3.05, 3.63) is 44.3 Å². The van der Waals surface area contributed by atoms with Crippen LogP contribution in [0.1, 0.15) is 5.56 Å². The molecule has 0 unspecified atom stereocenters. The highest BCUT2D eigenvalue weighted by Crippen LogP contribution is 2.21. The van der Waals surface area contributed by atoms with Crippen molar-refractivity contribution >= 4 is 23.2 Å². The molecule has 0 atom stereocenters. The molecule has 1 aromatic rings. The van der Waals surface area contributed by atoms with E-state index in [4.69, 9.17) is 28.7 Å². The van der Waals surface area contributed by atoms with Crippen LogP contribution in [0.2, 0.25) is 10.0 Å². The third-order valence-corrected chi connectivity index (χ3v) is 1.91. The second kappa shape index (κ2) is 4.21. The summed E-state index contributed by atoms with van der Waals surface area (Å²) < 4.78 is 0. The lowest BCUT2D eigenvalue weighted by Gasteiger charge is -1.99. The summed E-state index contributed by atoms with van der Waals surface area (Å²) in [6.07, 6.45) is 0. The summed E-state index contributed by atoms with van der Waals surface area (Å²) in [7, 11) is 0. The standard InChI is InChI=1S/C7H5Cl2N3/c8-6-2-1-5(4-11-12-10)7(9)3-6/h1-3H,4H2. The van der Waals surface area contributed by atoms with Crippen molar-refractivity contribution in [3.8, 4) is 0 Å². The van der Waals surface area contributed by atoms with E-state index in [1.165, 1.54) is 0 Å². The van der Waals surface area contributed by atoms with E-state index in [1.54, 1.807) is 18.2 Å². The van der Waals surface area contributed by atoms with Gasteiger partial charge in [0, 0.05) is 15.0 Å². The molecular weight excluding hydrogens is 197 g/mol. The zero-order valence-electron chi connectivity index (χ0n) is 6.04. The predicted molar refractivity (Wildman–Crippen MR) is 49.3 cm³/mol. The van der Waals surface area contributed by atoms with Crippen molar-refractivity contribution in [1.82, 2.24) is 0 Å². The Labute approximate surface area is 79.5 Å². The Morgan fingerprint density at radius 1 is 1.42 bits per heavy atom. The van der Waals surface area contributed by atoms with Gasteiger partial charge in [-0.25, -0.2) is 0 Å². The minimum absolute atomic E-state index is 0.256. The number of azide groups is 1. The van der Waals surface area contributed by atoms with E-state index < -0.39 is 0 Å². The zero-order chi connectivity index (χ0) is 8.97. The van der Waals surface area contributed by atoms with Gasteiger partial charge < -0.3 is 0 Å². The summed E-state index contributed by atoms with van der Waals surface area (Å²) >= 11 is 11.5. The Morgan fingerprint density at radius 3 is 2.75 bits per heavy atom. The highest BCUT2D eigenvalue weighted by atomic mass is 35.5. The van der Waals surface area contributed by atoms with Crippen LogP contribution in [-0.4, -0.2) is 0 Å². The van der Waals surface area contributed by atoms with E-state index in [-0.39, 0.29) is 6.54 Å². The van der Waals surface area contributed by atoms with E-state index in [0.29, 0.717) is 10.0 Å². The monoisotopic (exact) mass is 201 g/mol. The normalized spacial score (nSPS) is 9.17. The smallest absolute Gasteiger partial charge is 0.0525 e. The SMILES string of the molecule is [N-]=[N+]=NCc1ccc(Cl)cc1Cl. The molecular formula is C7H5Cl2N3. The molecule has 12 heavy (non-hydrogen) atoms. The largest absolute Gasteiger partial charge is 0.0892 e. The summed E-state index contributed by atoms with van der Waals surface area (Å²) in [5.74, 6) is 0. The van der Waals surface area contributed by atoms with Crippen LogP contribution in [0.3, 0.4) is 0 Å². The van der Waals surface area contributed by atoms with Crippen LogP contribution >= 0.6 is 23.2 Å². The van der Waals surface area contributed by atoms with Gasteiger partial charge in [-0.3, -0.25) is 0 Å². The molecule has 0 N–H and O–H groups in total. The molecule has 0 radical (unpaired) electrons. The molecule has 0 saturated carbocycles. The van der Waals surface area contributed by atoms with Gasteiger partial charge in [-0.2, -0.15) is 0 Å². The van der Waals surface area contributed by atoms with Crippen molar-refractivity contribution in [2.45, 2.75) is 6.54 Å². The first-order valence-corrected chi connectivity index (χ1v) is 3.94. The molecule has 0 saturated heterocycles. The molecule has 5 heteroatoms. The summed E-state index contributed by atoms with van der Waals surface area (Å²) in [6, 6.07) is 5.06. The minimum Gasteiger partial charge on any atom is -0.0892 e.